The predicted molar refractivity (Wildman–Crippen MR) is 147 cm³/mol. The van der Waals surface area contributed by atoms with Crippen molar-refractivity contribution in [2.75, 3.05) is 16.8 Å². The number of carbonyl (C=O) groups excluding carboxylic acids is 4. The highest BCUT2D eigenvalue weighted by Crippen LogP contribution is 2.35. The van der Waals surface area contributed by atoms with Crippen LogP contribution in [0.15, 0.2) is 81.9 Å². The molecule has 1 aliphatic heterocycles. The van der Waals surface area contributed by atoms with E-state index in [2.05, 4.69) is 10.6 Å². The Morgan fingerprint density at radius 1 is 1.00 bits per heavy atom. The van der Waals surface area contributed by atoms with Crippen molar-refractivity contribution in [2.24, 2.45) is 0 Å². The summed E-state index contributed by atoms with van der Waals surface area (Å²) in [5, 5.41) is 5.48. The number of allylic oxidation sites excluding steroid dienone is 1. The largest absolute Gasteiger partial charge is 0.462 e. The van der Waals surface area contributed by atoms with Crippen LogP contribution in [0.4, 0.5) is 11.4 Å². The Labute approximate surface area is 234 Å². The second kappa shape index (κ2) is 12.0. The Bertz CT molecular complexity index is 1490. The van der Waals surface area contributed by atoms with E-state index in [1.165, 1.54) is 29.2 Å². The first kappa shape index (κ1) is 27.7. The van der Waals surface area contributed by atoms with Crippen molar-refractivity contribution in [2.45, 2.75) is 20.4 Å². The number of carbonyl (C=O) groups is 4. The Morgan fingerprint density at radius 3 is 2.36 bits per heavy atom. The summed E-state index contributed by atoms with van der Waals surface area (Å²) in [4.78, 5) is 52.1. The average Bonchev–Trinajstić information content (AvgIpc) is 3.44. The quantitative estimate of drug-likeness (QED) is 0.233. The molecule has 0 saturated heterocycles. The summed E-state index contributed by atoms with van der Waals surface area (Å²) in [7, 11) is 0. The van der Waals surface area contributed by atoms with E-state index in [1.807, 2.05) is 6.07 Å². The highest BCUT2D eigenvalue weighted by Gasteiger charge is 2.38. The van der Waals surface area contributed by atoms with Crippen molar-refractivity contribution in [1.82, 2.24) is 5.32 Å². The summed E-state index contributed by atoms with van der Waals surface area (Å²) in [5.41, 5.74) is 1.55. The standard InChI is InChI=1S/C28H23Cl2N3O6/c1-3-38-28(37)24-16(2)33(20-7-5-4-6-8-20)27(36)23(24)14-21-9-10-22(39-21)15-31-25(34)26(35)32-19-12-17(29)11-18(30)13-19/h4-14H,3,15H2,1-2H3,(H,31,34)(H,32,35)/b23-14-. The van der Waals surface area contributed by atoms with Crippen LogP contribution in [0.25, 0.3) is 6.08 Å². The molecule has 0 saturated carbocycles. The van der Waals surface area contributed by atoms with Crippen molar-refractivity contribution in [3.05, 3.63) is 99.1 Å². The molecule has 0 spiro atoms. The number of nitrogens with one attached hydrogen (secondary N) is 2. The van der Waals surface area contributed by atoms with Crippen LogP contribution < -0.4 is 15.5 Å². The normalized spacial score (nSPS) is 14.1. The van der Waals surface area contributed by atoms with Crippen molar-refractivity contribution in [1.29, 1.82) is 0 Å². The van der Waals surface area contributed by atoms with Gasteiger partial charge in [-0.25, -0.2) is 4.79 Å². The van der Waals surface area contributed by atoms with E-state index in [1.54, 1.807) is 50.2 Å². The number of hydrogen-bond acceptors (Lipinski definition) is 6. The number of amides is 3. The molecular formula is C28H23Cl2N3O6. The third-order valence-corrected chi connectivity index (χ3v) is 6.05. The van der Waals surface area contributed by atoms with Gasteiger partial charge in [0, 0.05) is 27.1 Å². The lowest BCUT2D eigenvalue weighted by molar-refractivity contribution is -0.138. The summed E-state index contributed by atoms with van der Waals surface area (Å²) >= 11 is 11.8. The van der Waals surface area contributed by atoms with Gasteiger partial charge in [0.05, 0.1) is 24.3 Å². The molecule has 3 amide bonds. The van der Waals surface area contributed by atoms with Gasteiger partial charge >= 0.3 is 17.8 Å². The van der Waals surface area contributed by atoms with E-state index in [-0.39, 0.29) is 35.7 Å². The number of hydrogen-bond donors (Lipinski definition) is 2. The molecule has 0 atom stereocenters. The van der Waals surface area contributed by atoms with Gasteiger partial charge in [0.25, 0.3) is 5.91 Å². The van der Waals surface area contributed by atoms with Gasteiger partial charge in [-0.3, -0.25) is 19.3 Å². The third kappa shape index (κ3) is 6.39. The topological polar surface area (TPSA) is 118 Å². The number of furan rings is 1. The zero-order chi connectivity index (χ0) is 28.1. The minimum absolute atomic E-state index is 0.102. The number of ether oxygens (including phenoxy) is 1. The Hall–Kier alpha value is -4.34. The SMILES string of the molecule is CCOC(=O)C1=C(C)N(c2ccccc2)C(=O)/C1=C\c1ccc(CNC(=O)C(=O)Nc2cc(Cl)cc(Cl)c2)o1. The molecule has 200 valence electrons. The van der Waals surface area contributed by atoms with E-state index in [0.29, 0.717) is 27.2 Å². The lowest BCUT2D eigenvalue weighted by Gasteiger charge is -2.17. The van der Waals surface area contributed by atoms with Crippen molar-refractivity contribution >= 4 is 64.3 Å². The summed E-state index contributed by atoms with van der Waals surface area (Å²) < 4.78 is 10.9. The van der Waals surface area contributed by atoms with Crippen LogP contribution in [-0.2, 0) is 30.5 Å². The van der Waals surface area contributed by atoms with Gasteiger partial charge in [0.1, 0.15) is 11.5 Å². The van der Waals surface area contributed by atoms with Gasteiger partial charge < -0.3 is 19.8 Å². The van der Waals surface area contributed by atoms with Gasteiger partial charge in [0.15, 0.2) is 0 Å². The summed E-state index contributed by atoms with van der Waals surface area (Å²) in [5.74, 6) is -2.28. The zero-order valence-electron chi connectivity index (χ0n) is 20.9. The fourth-order valence-electron chi connectivity index (χ4n) is 3.94. The molecule has 2 N–H and O–H groups in total. The van der Waals surface area contributed by atoms with E-state index in [4.69, 9.17) is 32.4 Å². The molecule has 0 aliphatic carbocycles. The smallest absolute Gasteiger partial charge is 0.340 e. The maximum atomic E-state index is 13.4. The van der Waals surface area contributed by atoms with Crippen LogP contribution in [-0.4, -0.2) is 30.3 Å². The minimum atomic E-state index is -0.917. The molecule has 3 aromatic rings. The van der Waals surface area contributed by atoms with Crippen molar-refractivity contribution in [3.63, 3.8) is 0 Å². The number of esters is 1. The monoisotopic (exact) mass is 567 g/mol. The molecule has 2 heterocycles. The van der Waals surface area contributed by atoms with Gasteiger partial charge in [-0.1, -0.05) is 41.4 Å². The molecule has 4 rings (SSSR count). The molecule has 11 heteroatoms. The van der Waals surface area contributed by atoms with Gasteiger partial charge in [-0.05, 0) is 62.4 Å². The van der Waals surface area contributed by atoms with Crippen LogP contribution in [0, 0.1) is 0 Å². The van der Waals surface area contributed by atoms with Crippen LogP contribution in [0.5, 0.6) is 0 Å². The Kier molecular flexibility index (Phi) is 8.53. The van der Waals surface area contributed by atoms with Gasteiger partial charge in [-0.2, -0.15) is 0 Å². The number of nitrogens with zero attached hydrogens (tertiary/aromatic N) is 1. The van der Waals surface area contributed by atoms with Crippen LogP contribution in [0.1, 0.15) is 25.4 Å². The molecule has 39 heavy (non-hydrogen) atoms. The van der Waals surface area contributed by atoms with Crippen LogP contribution in [0.3, 0.4) is 0 Å². The fourth-order valence-corrected chi connectivity index (χ4v) is 4.47. The second-order valence-electron chi connectivity index (χ2n) is 8.31. The first-order valence-corrected chi connectivity index (χ1v) is 12.6. The maximum Gasteiger partial charge on any atom is 0.340 e. The Morgan fingerprint density at radius 2 is 1.69 bits per heavy atom. The van der Waals surface area contributed by atoms with Crippen molar-refractivity contribution in [3.8, 4) is 0 Å². The summed E-state index contributed by atoms with van der Waals surface area (Å²) in [6.07, 6.45) is 1.45. The molecule has 9 nitrogen and oxygen atoms in total. The predicted octanol–water partition coefficient (Wildman–Crippen LogP) is 5.11. The lowest BCUT2D eigenvalue weighted by atomic mass is 10.1. The first-order valence-electron chi connectivity index (χ1n) is 11.8. The first-order chi connectivity index (χ1) is 18.7. The van der Waals surface area contributed by atoms with E-state index < -0.39 is 23.7 Å². The highest BCUT2D eigenvalue weighted by molar-refractivity contribution is 6.40. The molecule has 1 aliphatic rings. The molecule has 0 radical (unpaired) electrons. The van der Waals surface area contributed by atoms with Crippen LogP contribution in [0.2, 0.25) is 10.0 Å². The number of benzene rings is 2. The van der Waals surface area contributed by atoms with E-state index >= 15 is 0 Å². The van der Waals surface area contributed by atoms with E-state index in [0.717, 1.165) is 0 Å². The average molecular weight is 568 g/mol. The zero-order valence-corrected chi connectivity index (χ0v) is 22.4. The molecule has 0 unspecified atom stereocenters. The number of halogens is 2. The van der Waals surface area contributed by atoms with E-state index in [9.17, 15) is 19.2 Å². The fraction of sp³-hybridized carbons (Fsp3) is 0.143. The third-order valence-electron chi connectivity index (χ3n) is 5.61. The molecular weight excluding hydrogens is 545 g/mol. The Balaban J connectivity index is 1.48. The number of para-hydroxylation sites is 1. The highest BCUT2D eigenvalue weighted by atomic mass is 35.5. The molecule has 0 fully saturated rings. The maximum absolute atomic E-state index is 13.4. The lowest BCUT2D eigenvalue weighted by Crippen LogP contribution is -2.34. The number of anilines is 2. The summed E-state index contributed by atoms with van der Waals surface area (Å²) in [6.45, 7) is 3.39. The molecule has 2 aromatic carbocycles. The van der Waals surface area contributed by atoms with Crippen LogP contribution >= 0.6 is 23.2 Å². The second-order valence-corrected chi connectivity index (χ2v) is 9.19. The van der Waals surface area contributed by atoms with Gasteiger partial charge in [-0.15, -0.1) is 0 Å². The molecule has 0 bridgehead atoms. The molecule has 1 aromatic heterocycles. The minimum Gasteiger partial charge on any atom is -0.462 e. The van der Waals surface area contributed by atoms with Crippen molar-refractivity contribution < 1.29 is 28.3 Å². The number of rotatable bonds is 7. The summed E-state index contributed by atoms with van der Waals surface area (Å²) in [6, 6.07) is 16.5. The van der Waals surface area contributed by atoms with Gasteiger partial charge in [0.2, 0.25) is 0 Å².